The first kappa shape index (κ1) is 18.7. The predicted octanol–water partition coefficient (Wildman–Crippen LogP) is 3.24. The molecule has 0 bridgehead atoms. The van der Waals surface area contributed by atoms with Gasteiger partial charge < -0.3 is 14.7 Å². The molecule has 1 aromatic carbocycles. The van der Waals surface area contributed by atoms with Crippen LogP contribution in [-0.2, 0) is 9.59 Å². The molecule has 0 radical (unpaired) electrons. The van der Waals surface area contributed by atoms with Crippen LogP contribution in [0.4, 0.5) is 5.69 Å². The lowest BCUT2D eigenvalue weighted by Gasteiger charge is -2.20. The fraction of sp³-hybridized carbons (Fsp3) is 0.524. The van der Waals surface area contributed by atoms with E-state index in [2.05, 4.69) is 15.5 Å². The minimum Gasteiger partial charge on any atom is -0.353 e. The number of anilines is 1. The van der Waals surface area contributed by atoms with Crippen molar-refractivity contribution in [3.8, 4) is 11.4 Å². The third-order valence-electron chi connectivity index (χ3n) is 5.64. The number of benzene rings is 1. The van der Waals surface area contributed by atoms with Gasteiger partial charge in [0, 0.05) is 37.2 Å². The highest BCUT2D eigenvalue weighted by atomic mass is 16.5. The molecule has 0 spiro atoms. The Morgan fingerprint density at radius 3 is 2.71 bits per heavy atom. The van der Waals surface area contributed by atoms with Gasteiger partial charge in [0.15, 0.2) is 0 Å². The molecule has 7 nitrogen and oxygen atoms in total. The molecule has 2 fully saturated rings. The van der Waals surface area contributed by atoms with Crippen molar-refractivity contribution >= 4 is 17.5 Å². The topological polar surface area (TPSA) is 88.3 Å². The lowest BCUT2D eigenvalue weighted by Crippen LogP contribution is -2.39. The Balaban J connectivity index is 1.44. The van der Waals surface area contributed by atoms with Crippen LogP contribution in [0, 0.1) is 12.8 Å². The molecule has 28 heavy (non-hydrogen) atoms. The Morgan fingerprint density at radius 2 is 2.00 bits per heavy atom. The number of aromatic nitrogens is 2. The molecule has 148 valence electrons. The van der Waals surface area contributed by atoms with Crippen molar-refractivity contribution in [3.05, 3.63) is 30.2 Å². The first-order valence-corrected chi connectivity index (χ1v) is 10.1. The van der Waals surface area contributed by atoms with Crippen LogP contribution in [0.1, 0.15) is 50.8 Å². The molecule has 1 saturated carbocycles. The van der Waals surface area contributed by atoms with E-state index < -0.39 is 0 Å². The predicted molar refractivity (Wildman–Crippen MR) is 105 cm³/mol. The van der Waals surface area contributed by atoms with Gasteiger partial charge in [-0.2, -0.15) is 4.98 Å². The number of nitrogens with zero attached hydrogens (tertiary/aromatic N) is 3. The summed E-state index contributed by atoms with van der Waals surface area (Å²) in [5, 5.41) is 7.12. The molecule has 0 unspecified atom stereocenters. The summed E-state index contributed by atoms with van der Waals surface area (Å²) in [5.41, 5.74) is 1.54. The van der Waals surface area contributed by atoms with Crippen molar-refractivity contribution in [2.45, 2.75) is 57.9 Å². The zero-order chi connectivity index (χ0) is 19.5. The average molecular weight is 382 g/mol. The molecular formula is C21H26N4O3. The lowest BCUT2D eigenvalue weighted by atomic mass is 10.0. The molecule has 7 heteroatoms. The van der Waals surface area contributed by atoms with E-state index in [1.54, 1.807) is 11.8 Å². The summed E-state index contributed by atoms with van der Waals surface area (Å²) in [5.74, 6) is 0.670. The second kappa shape index (κ2) is 8.12. The van der Waals surface area contributed by atoms with Crippen LogP contribution >= 0.6 is 0 Å². The molecule has 2 aromatic rings. The van der Waals surface area contributed by atoms with Crippen LogP contribution in [0.25, 0.3) is 11.4 Å². The molecule has 1 aliphatic carbocycles. The van der Waals surface area contributed by atoms with Gasteiger partial charge in [0.1, 0.15) is 0 Å². The van der Waals surface area contributed by atoms with Gasteiger partial charge in [-0.05, 0) is 25.0 Å². The Labute approximate surface area is 164 Å². The van der Waals surface area contributed by atoms with Gasteiger partial charge in [0.05, 0.1) is 5.92 Å². The van der Waals surface area contributed by atoms with Crippen LogP contribution in [0.3, 0.4) is 0 Å². The summed E-state index contributed by atoms with van der Waals surface area (Å²) in [6, 6.07) is 7.74. The van der Waals surface area contributed by atoms with Gasteiger partial charge >= 0.3 is 0 Å². The number of amides is 2. The zero-order valence-electron chi connectivity index (χ0n) is 16.2. The van der Waals surface area contributed by atoms with E-state index in [4.69, 9.17) is 4.52 Å². The highest BCUT2D eigenvalue weighted by Gasteiger charge is 2.36. The first-order chi connectivity index (χ1) is 13.6. The fourth-order valence-corrected chi connectivity index (χ4v) is 4.10. The number of carbonyl (C=O) groups excluding carboxylic acids is 2. The second-order valence-electron chi connectivity index (χ2n) is 7.79. The van der Waals surface area contributed by atoms with Crippen molar-refractivity contribution in [2.24, 2.45) is 5.92 Å². The first-order valence-electron chi connectivity index (χ1n) is 10.1. The minimum absolute atomic E-state index is 0.00713. The molecular weight excluding hydrogens is 356 g/mol. The third kappa shape index (κ3) is 4.08. The van der Waals surface area contributed by atoms with E-state index in [0.717, 1.165) is 24.1 Å². The van der Waals surface area contributed by atoms with Crippen LogP contribution in [0.15, 0.2) is 28.8 Å². The number of rotatable bonds is 4. The normalized spacial score (nSPS) is 21.0. The minimum atomic E-state index is -0.299. The smallest absolute Gasteiger partial charge is 0.227 e. The van der Waals surface area contributed by atoms with E-state index in [9.17, 15) is 9.59 Å². The van der Waals surface area contributed by atoms with E-state index in [-0.39, 0.29) is 30.2 Å². The Bertz CT molecular complexity index is 855. The van der Waals surface area contributed by atoms with Gasteiger partial charge in [0.25, 0.3) is 0 Å². The van der Waals surface area contributed by atoms with Crippen molar-refractivity contribution in [3.63, 3.8) is 0 Å². The van der Waals surface area contributed by atoms with E-state index >= 15 is 0 Å². The highest BCUT2D eigenvalue weighted by molar-refractivity contribution is 6.00. The third-order valence-corrected chi connectivity index (χ3v) is 5.64. The standard InChI is InChI=1S/C21H26N4O3/c1-14-22-20(24-28-14)15-7-6-10-18(11-15)25-13-16(12-19(25)26)21(27)23-17-8-4-2-3-5-9-17/h6-7,10-11,16-17H,2-5,8-9,12-13H2,1H3,(H,23,27)/t16-/m1/s1. The molecule has 2 heterocycles. The maximum atomic E-state index is 12.7. The average Bonchev–Trinajstić information content (AvgIpc) is 3.21. The summed E-state index contributed by atoms with van der Waals surface area (Å²) in [6.45, 7) is 2.15. The van der Waals surface area contributed by atoms with E-state index in [0.29, 0.717) is 18.3 Å². The van der Waals surface area contributed by atoms with E-state index in [1.165, 1.54) is 25.7 Å². The molecule has 4 rings (SSSR count). The van der Waals surface area contributed by atoms with Crippen molar-refractivity contribution in [2.75, 3.05) is 11.4 Å². The summed E-state index contributed by atoms with van der Waals surface area (Å²) >= 11 is 0. The maximum Gasteiger partial charge on any atom is 0.227 e. The van der Waals surface area contributed by atoms with Crippen LogP contribution in [0.5, 0.6) is 0 Å². The van der Waals surface area contributed by atoms with Gasteiger partial charge in [-0.3, -0.25) is 9.59 Å². The summed E-state index contributed by atoms with van der Waals surface area (Å²) in [4.78, 5) is 31.2. The SMILES string of the molecule is Cc1nc(-c2cccc(N3C[C@H](C(=O)NC4CCCCCC4)CC3=O)c2)no1. The Kier molecular flexibility index (Phi) is 5.41. The van der Waals surface area contributed by atoms with Crippen molar-refractivity contribution in [1.82, 2.24) is 15.5 Å². The van der Waals surface area contributed by atoms with Gasteiger partial charge in [-0.25, -0.2) is 0 Å². The number of nitrogens with one attached hydrogen (secondary N) is 1. The zero-order valence-corrected chi connectivity index (χ0v) is 16.2. The van der Waals surface area contributed by atoms with Crippen molar-refractivity contribution < 1.29 is 14.1 Å². The fourth-order valence-electron chi connectivity index (χ4n) is 4.10. The Morgan fingerprint density at radius 1 is 1.21 bits per heavy atom. The molecule has 1 atom stereocenters. The monoisotopic (exact) mass is 382 g/mol. The number of aryl methyl sites for hydroxylation is 1. The number of hydrogen-bond donors (Lipinski definition) is 1. The second-order valence-corrected chi connectivity index (χ2v) is 7.79. The quantitative estimate of drug-likeness (QED) is 0.820. The summed E-state index contributed by atoms with van der Waals surface area (Å²) < 4.78 is 5.04. The number of hydrogen-bond acceptors (Lipinski definition) is 5. The molecule has 1 aliphatic heterocycles. The molecule has 1 aromatic heterocycles. The van der Waals surface area contributed by atoms with E-state index in [1.807, 2.05) is 24.3 Å². The molecule has 2 aliphatic rings. The largest absolute Gasteiger partial charge is 0.353 e. The molecule has 1 saturated heterocycles. The van der Waals surface area contributed by atoms with Gasteiger partial charge in [-0.1, -0.05) is 43.0 Å². The van der Waals surface area contributed by atoms with Crippen molar-refractivity contribution in [1.29, 1.82) is 0 Å². The highest BCUT2D eigenvalue weighted by Crippen LogP contribution is 2.29. The lowest BCUT2D eigenvalue weighted by molar-refractivity contribution is -0.127. The van der Waals surface area contributed by atoms with Crippen LogP contribution in [0.2, 0.25) is 0 Å². The number of carbonyl (C=O) groups is 2. The van der Waals surface area contributed by atoms with Gasteiger partial charge in [-0.15, -0.1) is 0 Å². The maximum absolute atomic E-state index is 12.7. The van der Waals surface area contributed by atoms with Crippen LogP contribution in [-0.4, -0.2) is 34.5 Å². The Hall–Kier alpha value is -2.70. The molecule has 1 N–H and O–H groups in total. The molecule has 2 amide bonds. The summed E-state index contributed by atoms with van der Waals surface area (Å²) in [6.07, 6.45) is 7.18. The summed E-state index contributed by atoms with van der Waals surface area (Å²) in [7, 11) is 0. The van der Waals surface area contributed by atoms with Gasteiger partial charge in [0.2, 0.25) is 23.5 Å². The van der Waals surface area contributed by atoms with Crippen LogP contribution < -0.4 is 10.2 Å².